The van der Waals surface area contributed by atoms with Crippen molar-refractivity contribution in [2.75, 3.05) is 43.9 Å². The molecule has 292 valence electrons. The smallest absolute Gasteiger partial charge is 0.405 e. The minimum absolute atomic E-state index is 0.218. The highest BCUT2D eigenvalue weighted by Crippen LogP contribution is 2.38. The molecule has 1 fully saturated rings. The molecule has 9 nitrogen and oxygen atoms in total. The van der Waals surface area contributed by atoms with Crippen molar-refractivity contribution in [2.24, 2.45) is 5.14 Å². The van der Waals surface area contributed by atoms with Crippen LogP contribution in [-0.4, -0.2) is 86.3 Å². The highest BCUT2D eigenvalue weighted by atomic mass is 32.2. The summed E-state index contributed by atoms with van der Waals surface area (Å²) < 4.78 is 104. The number of nitrogens with zero attached hydrogens (tertiary/aromatic N) is 1. The molecule has 0 aliphatic carbocycles. The van der Waals surface area contributed by atoms with Crippen molar-refractivity contribution < 1.29 is 39.2 Å². The Hall–Kier alpha value is -3.22. The minimum Gasteiger partial charge on any atom is -0.405 e. The van der Waals surface area contributed by atoms with Crippen molar-refractivity contribution in [3.8, 4) is 0 Å². The van der Waals surface area contributed by atoms with Gasteiger partial charge in [-0.3, -0.25) is 4.90 Å². The summed E-state index contributed by atoms with van der Waals surface area (Å²) in [6, 6.07) is 32.0. The Morgan fingerprint density at radius 3 is 2.02 bits per heavy atom. The van der Waals surface area contributed by atoms with Crippen molar-refractivity contribution in [1.82, 2.24) is 4.90 Å². The number of alkyl halides is 3. The number of sulfone groups is 1. The van der Waals surface area contributed by atoms with Crippen molar-refractivity contribution >= 4 is 56.0 Å². The summed E-state index contributed by atoms with van der Waals surface area (Å²) in [4.78, 5) is 1.18. The van der Waals surface area contributed by atoms with Crippen molar-refractivity contribution in [1.29, 1.82) is 0 Å². The number of morpholine rings is 1. The zero-order valence-electron chi connectivity index (χ0n) is 30.3. The number of hydrogen-bond donors (Lipinski definition) is 2. The second-order valence-electron chi connectivity index (χ2n) is 14.2. The van der Waals surface area contributed by atoms with Crippen LogP contribution >= 0.6 is 11.8 Å². The number of nitrogens with two attached hydrogens (primary N) is 1. The molecule has 4 aromatic carbocycles. The van der Waals surface area contributed by atoms with E-state index in [4.69, 9.17) is 14.3 Å². The maximum atomic E-state index is 13.8. The van der Waals surface area contributed by atoms with E-state index in [-0.39, 0.29) is 16.8 Å². The summed E-state index contributed by atoms with van der Waals surface area (Å²) in [5.41, 5.74) is -6.04. The van der Waals surface area contributed by atoms with Crippen molar-refractivity contribution in [3.05, 3.63) is 109 Å². The Labute approximate surface area is 321 Å². The Morgan fingerprint density at radius 1 is 0.907 bits per heavy atom. The normalized spacial score (nSPS) is 16.9. The van der Waals surface area contributed by atoms with Crippen LogP contribution in [0.15, 0.2) is 124 Å². The Morgan fingerprint density at radius 2 is 1.48 bits per heavy atom. The number of hydrogen-bond acceptors (Lipinski definition) is 9. The molecule has 1 saturated heterocycles. The van der Waals surface area contributed by atoms with E-state index in [0.29, 0.717) is 51.1 Å². The van der Waals surface area contributed by atoms with Gasteiger partial charge in [0, 0.05) is 36.3 Å². The van der Waals surface area contributed by atoms with Gasteiger partial charge in [-0.05, 0) is 52.2 Å². The van der Waals surface area contributed by atoms with Crippen molar-refractivity contribution in [3.63, 3.8) is 0 Å². The molecule has 3 N–H and O–H groups in total. The number of halogens is 3. The van der Waals surface area contributed by atoms with E-state index in [1.807, 2.05) is 66.7 Å². The van der Waals surface area contributed by atoms with Crippen molar-refractivity contribution in [2.45, 2.75) is 64.6 Å². The summed E-state index contributed by atoms with van der Waals surface area (Å²) in [5, 5.41) is 10.3. The molecular formula is C38H46F3N3O6S3Si. The number of thioether (sulfide) groups is 1. The third-order valence-corrected chi connectivity index (χ3v) is 18.0. The quantitative estimate of drug-likeness (QED) is 0.112. The van der Waals surface area contributed by atoms with E-state index in [2.05, 4.69) is 55.3 Å². The molecule has 5 rings (SSSR count). The van der Waals surface area contributed by atoms with Gasteiger partial charge in [-0.15, -0.1) is 11.8 Å². The first kappa shape index (κ1) is 41.9. The van der Waals surface area contributed by atoms with Gasteiger partial charge in [0.1, 0.15) is 4.90 Å². The number of primary sulfonamides is 1. The van der Waals surface area contributed by atoms with Crippen LogP contribution in [0.25, 0.3) is 0 Å². The average molecular weight is 822 g/mol. The lowest BCUT2D eigenvalue weighted by Crippen LogP contribution is -2.67. The highest BCUT2D eigenvalue weighted by molar-refractivity contribution is 7.99. The fourth-order valence-electron chi connectivity index (χ4n) is 6.68. The van der Waals surface area contributed by atoms with E-state index in [1.165, 1.54) is 11.8 Å². The number of benzene rings is 4. The third kappa shape index (κ3) is 9.95. The van der Waals surface area contributed by atoms with Crippen LogP contribution in [-0.2, 0) is 29.0 Å². The average Bonchev–Trinajstić information content (AvgIpc) is 3.13. The van der Waals surface area contributed by atoms with Crippen LogP contribution in [0.5, 0.6) is 0 Å². The zero-order chi connectivity index (χ0) is 39.2. The molecule has 2 atom stereocenters. The predicted octanol–water partition coefficient (Wildman–Crippen LogP) is 5.87. The molecule has 1 heterocycles. The topological polar surface area (TPSA) is 128 Å². The van der Waals surface area contributed by atoms with Gasteiger partial charge in [0.2, 0.25) is 10.0 Å². The van der Waals surface area contributed by atoms with E-state index >= 15 is 0 Å². The zero-order valence-corrected chi connectivity index (χ0v) is 33.8. The van der Waals surface area contributed by atoms with Gasteiger partial charge in [-0.2, -0.15) is 13.2 Å². The molecule has 0 bridgehead atoms. The monoisotopic (exact) mass is 821 g/mol. The number of rotatable bonds is 15. The lowest BCUT2D eigenvalue weighted by atomic mass is 10.2. The number of ether oxygens (including phenoxy) is 1. The number of sulfonamides is 1. The SMILES string of the molecule is CC(C)(C)[Si](OC[C@H]1CN(CC[C@H](CSc2ccccc2)Nc2ccc(S(N)(=O)=O)cc2S(=O)(=O)C(F)(F)F)CCO1)(c1ccccc1)c1ccccc1. The van der Waals surface area contributed by atoms with Gasteiger partial charge in [-0.25, -0.2) is 22.0 Å². The van der Waals surface area contributed by atoms with Gasteiger partial charge in [0.25, 0.3) is 18.2 Å². The highest BCUT2D eigenvalue weighted by Gasteiger charge is 2.51. The lowest BCUT2D eigenvalue weighted by Gasteiger charge is -2.44. The Bertz CT molecular complexity index is 2020. The van der Waals surface area contributed by atoms with Gasteiger partial charge < -0.3 is 14.5 Å². The third-order valence-electron chi connectivity index (χ3n) is 9.35. The molecule has 1 aliphatic rings. The fourth-order valence-corrected chi connectivity index (χ4v) is 13.8. The predicted molar refractivity (Wildman–Crippen MR) is 210 cm³/mol. The van der Waals surface area contributed by atoms with Crippen LogP contribution in [0, 0.1) is 0 Å². The molecule has 16 heteroatoms. The summed E-state index contributed by atoms with van der Waals surface area (Å²) in [7, 11) is -13.3. The molecular weight excluding hydrogens is 776 g/mol. The molecule has 1 aliphatic heterocycles. The van der Waals surface area contributed by atoms with E-state index < -0.39 is 49.5 Å². The second kappa shape index (κ2) is 17.3. The maximum Gasteiger partial charge on any atom is 0.501 e. The molecule has 0 amide bonds. The van der Waals surface area contributed by atoms with Crippen LogP contribution < -0.4 is 20.8 Å². The standard InChI is InChI=1S/C38H46F3N3O6S3Si/c1-37(2,3)54(33-15-9-5-10-16-33,34-17-11-6-12-18-34)50-27-30-26-44(23-24-49-30)22-21-29(28-51-31-13-7-4-8-14-31)43-35-20-19-32(53(42,47)48)25-36(35)52(45,46)38(39,40)41/h4-20,25,29-30,43H,21-24,26-28H2,1-3H3,(H2,42,47,48)/t29-,30-/m1/s1. The van der Waals surface area contributed by atoms with E-state index in [0.717, 1.165) is 27.4 Å². The summed E-state index contributed by atoms with van der Waals surface area (Å²) >= 11 is 1.46. The Balaban J connectivity index is 1.36. The molecule has 0 radical (unpaired) electrons. The first-order valence-electron chi connectivity index (χ1n) is 17.4. The van der Waals surface area contributed by atoms with E-state index in [1.54, 1.807) is 0 Å². The lowest BCUT2D eigenvalue weighted by molar-refractivity contribution is -0.0498. The summed E-state index contributed by atoms with van der Waals surface area (Å²) in [6.07, 6.45) is 0.171. The Kier molecular flexibility index (Phi) is 13.4. The van der Waals surface area contributed by atoms with Gasteiger partial charge in [-0.1, -0.05) is 99.6 Å². The van der Waals surface area contributed by atoms with Gasteiger partial charge in [0.15, 0.2) is 0 Å². The first-order chi connectivity index (χ1) is 25.4. The largest absolute Gasteiger partial charge is 0.501 e. The molecule has 54 heavy (non-hydrogen) atoms. The molecule has 0 saturated carbocycles. The molecule has 0 spiro atoms. The maximum absolute atomic E-state index is 13.8. The number of nitrogens with one attached hydrogen (secondary N) is 1. The van der Waals surface area contributed by atoms with Crippen LogP contribution in [0.4, 0.5) is 18.9 Å². The molecule has 0 unspecified atom stereocenters. The fraction of sp³-hybridized carbons (Fsp3) is 0.368. The number of anilines is 1. The second-order valence-corrected chi connectivity index (χ2v) is 23.0. The minimum atomic E-state index is -5.94. The van der Waals surface area contributed by atoms with Crippen LogP contribution in [0.1, 0.15) is 27.2 Å². The summed E-state index contributed by atoms with van der Waals surface area (Å²) in [5.74, 6) is 0.372. The molecule has 4 aromatic rings. The van der Waals surface area contributed by atoms with Gasteiger partial charge >= 0.3 is 5.51 Å². The van der Waals surface area contributed by atoms with Crippen LogP contribution in [0.3, 0.4) is 0 Å². The first-order valence-corrected chi connectivity index (χ1v) is 23.4. The summed E-state index contributed by atoms with van der Waals surface area (Å²) in [6.45, 7) is 9.12. The molecule has 0 aromatic heterocycles. The van der Waals surface area contributed by atoms with Crippen LogP contribution in [0.2, 0.25) is 5.04 Å². The van der Waals surface area contributed by atoms with Gasteiger partial charge in [0.05, 0.1) is 29.9 Å². The van der Waals surface area contributed by atoms with E-state index in [9.17, 15) is 30.0 Å².